The zero-order chi connectivity index (χ0) is 12.4. The number of anilines is 1. The third-order valence-electron chi connectivity index (χ3n) is 4.14. The molecular weight excluding hydrogens is 227 g/mol. The smallest absolute Gasteiger partial charge is 0.125 e. The molecule has 1 fully saturated rings. The van der Waals surface area contributed by atoms with Gasteiger partial charge in [0, 0.05) is 24.8 Å². The van der Waals surface area contributed by atoms with Crippen molar-refractivity contribution in [3.8, 4) is 0 Å². The second-order valence-electron chi connectivity index (χ2n) is 5.47. The van der Waals surface area contributed by atoms with Gasteiger partial charge >= 0.3 is 0 Å². The molecule has 3 rings (SSSR count). The molecule has 3 heteroatoms. The second-order valence-corrected chi connectivity index (χ2v) is 5.47. The number of halogens is 1. The Morgan fingerprint density at radius 2 is 2.22 bits per heavy atom. The highest BCUT2D eigenvalue weighted by Gasteiger charge is 2.22. The maximum atomic E-state index is 13.3. The summed E-state index contributed by atoms with van der Waals surface area (Å²) in [5.41, 5.74) is 2.41. The van der Waals surface area contributed by atoms with Crippen LogP contribution in [0.4, 0.5) is 10.1 Å². The summed E-state index contributed by atoms with van der Waals surface area (Å²) in [5.74, 6) is -0.116. The third kappa shape index (κ3) is 2.51. The molecule has 1 aromatic rings. The van der Waals surface area contributed by atoms with Crippen molar-refractivity contribution < 1.29 is 4.39 Å². The Morgan fingerprint density at radius 3 is 3.17 bits per heavy atom. The molecule has 0 aromatic heterocycles. The van der Waals surface area contributed by atoms with Gasteiger partial charge in [0.25, 0.3) is 0 Å². The fourth-order valence-electron chi connectivity index (χ4n) is 3.13. The van der Waals surface area contributed by atoms with Crippen molar-refractivity contribution in [2.24, 2.45) is 0 Å². The zero-order valence-corrected chi connectivity index (χ0v) is 10.8. The summed E-state index contributed by atoms with van der Waals surface area (Å²) < 4.78 is 13.3. The predicted octanol–water partition coefficient (Wildman–Crippen LogP) is 2.72. The molecule has 1 unspecified atom stereocenters. The van der Waals surface area contributed by atoms with Crippen LogP contribution in [0.25, 0.3) is 0 Å². The van der Waals surface area contributed by atoms with Gasteiger partial charge in [0.1, 0.15) is 5.82 Å². The Morgan fingerprint density at radius 1 is 1.28 bits per heavy atom. The van der Waals surface area contributed by atoms with Crippen molar-refractivity contribution in [1.29, 1.82) is 0 Å². The number of hydrogen-bond acceptors (Lipinski definition) is 2. The molecule has 0 saturated carbocycles. The van der Waals surface area contributed by atoms with E-state index in [4.69, 9.17) is 0 Å². The fourth-order valence-corrected chi connectivity index (χ4v) is 3.13. The van der Waals surface area contributed by atoms with Crippen molar-refractivity contribution in [3.63, 3.8) is 0 Å². The third-order valence-corrected chi connectivity index (χ3v) is 4.14. The lowest BCUT2D eigenvalue weighted by Gasteiger charge is -2.25. The molecule has 1 atom stereocenters. The van der Waals surface area contributed by atoms with Gasteiger partial charge in [-0.2, -0.15) is 0 Å². The lowest BCUT2D eigenvalue weighted by atomic mass is 10.1. The van der Waals surface area contributed by atoms with Gasteiger partial charge in [-0.3, -0.25) is 0 Å². The van der Waals surface area contributed by atoms with Crippen molar-refractivity contribution in [2.45, 2.75) is 38.1 Å². The Balaban J connectivity index is 1.69. The average molecular weight is 248 g/mol. The van der Waals surface area contributed by atoms with E-state index >= 15 is 0 Å². The lowest BCUT2D eigenvalue weighted by molar-refractivity contribution is 0.504. The highest BCUT2D eigenvalue weighted by Crippen LogP contribution is 2.29. The summed E-state index contributed by atoms with van der Waals surface area (Å²) in [6, 6.07) is 5.78. The van der Waals surface area contributed by atoms with Gasteiger partial charge in [-0.05, 0) is 43.5 Å². The minimum Gasteiger partial charge on any atom is -0.369 e. The lowest BCUT2D eigenvalue weighted by Crippen LogP contribution is -2.40. The van der Waals surface area contributed by atoms with Crippen molar-refractivity contribution in [2.75, 3.05) is 24.5 Å². The van der Waals surface area contributed by atoms with Crippen molar-refractivity contribution in [3.05, 3.63) is 29.6 Å². The van der Waals surface area contributed by atoms with E-state index in [0.717, 1.165) is 31.7 Å². The summed E-state index contributed by atoms with van der Waals surface area (Å²) >= 11 is 0. The molecule has 1 aromatic carbocycles. The number of rotatable bonds is 2. The van der Waals surface area contributed by atoms with Gasteiger partial charge in [-0.15, -0.1) is 0 Å². The van der Waals surface area contributed by atoms with E-state index in [-0.39, 0.29) is 5.82 Å². The van der Waals surface area contributed by atoms with E-state index in [1.807, 2.05) is 6.07 Å². The van der Waals surface area contributed by atoms with Crippen LogP contribution in [0.5, 0.6) is 0 Å². The van der Waals surface area contributed by atoms with Crippen LogP contribution in [0.1, 0.15) is 31.2 Å². The first kappa shape index (κ1) is 12.0. The molecule has 0 spiro atoms. The van der Waals surface area contributed by atoms with Crippen LogP contribution in [0.3, 0.4) is 0 Å². The highest BCUT2D eigenvalue weighted by molar-refractivity contribution is 5.58. The van der Waals surface area contributed by atoms with Crippen LogP contribution < -0.4 is 10.2 Å². The van der Waals surface area contributed by atoms with Gasteiger partial charge in [0.2, 0.25) is 0 Å². The number of fused-ring (bicyclic) bond motifs is 1. The van der Waals surface area contributed by atoms with E-state index in [0.29, 0.717) is 6.04 Å². The molecule has 98 valence electrons. The monoisotopic (exact) mass is 248 g/mol. The molecule has 18 heavy (non-hydrogen) atoms. The highest BCUT2D eigenvalue weighted by atomic mass is 19.1. The van der Waals surface area contributed by atoms with Crippen molar-refractivity contribution >= 4 is 5.69 Å². The Labute approximate surface area is 108 Å². The molecule has 2 heterocycles. The molecule has 1 N–H and O–H groups in total. The molecule has 1 saturated heterocycles. The first-order valence-corrected chi connectivity index (χ1v) is 7.10. The van der Waals surface area contributed by atoms with E-state index in [9.17, 15) is 4.39 Å². The minimum atomic E-state index is -0.116. The Kier molecular flexibility index (Phi) is 3.50. The first-order valence-electron chi connectivity index (χ1n) is 7.10. The maximum absolute atomic E-state index is 13.3. The molecule has 0 aliphatic carbocycles. The molecule has 2 aliphatic heterocycles. The van der Waals surface area contributed by atoms with Gasteiger partial charge in [-0.25, -0.2) is 4.39 Å². The number of benzene rings is 1. The topological polar surface area (TPSA) is 15.3 Å². The number of nitrogens with one attached hydrogen (secondary N) is 1. The summed E-state index contributed by atoms with van der Waals surface area (Å²) in [7, 11) is 0. The van der Waals surface area contributed by atoms with Crippen LogP contribution in [-0.2, 0) is 6.42 Å². The maximum Gasteiger partial charge on any atom is 0.125 e. The van der Waals surface area contributed by atoms with Crippen LogP contribution >= 0.6 is 0 Å². The van der Waals surface area contributed by atoms with E-state index in [1.165, 1.54) is 31.2 Å². The SMILES string of the molecule is Fc1ccc2c(c1)N(CC1CCCCCN1)CC2. The van der Waals surface area contributed by atoms with Crippen LogP contribution in [0, 0.1) is 5.82 Å². The summed E-state index contributed by atoms with van der Waals surface area (Å²) in [6.45, 7) is 3.20. The molecular formula is C15H21FN2. The summed E-state index contributed by atoms with van der Waals surface area (Å²) in [4.78, 5) is 2.35. The second kappa shape index (κ2) is 5.27. The fraction of sp³-hybridized carbons (Fsp3) is 0.600. The quantitative estimate of drug-likeness (QED) is 0.865. The van der Waals surface area contributed by atoms with Gasteiger partial charge in [0.15, 0.2) is 0 Å². The standard InChI is InChI=1S/C15H21FN2/c16-13-6-5-12-7-9-18(15(12)10-13)11-14-4-2-1-3-8-17-14/h5-6,10,14,17H,1-4,7-9,11H2. The van der Waals surface area contributed by atoms with E-state index < -0.39 is 0 Å². The number of nitrogens with zero attached hydrogens (tertiary/aromatic N) is 1. The van der Waals surface area contributed by atoms with Crippen LogP contribution in [-0.4, -0.2) is 25.7 Å². The summed E-state index contributed by atoms with van der Waals surface area (Å²) in [5, 5.41) is 3.62. The summed E-state index contributed by atoms with van der Waals surface area (Å²) in [6.07, 6.45) is 6.27. The van der Waals surface area contributed by atoms with E-state index in [1.54, 1.807) is 12.1 Å². The van der Waals surface area contributed by atoms with Crippen LogP contribution in [0.15, 0.2) is 18.2 Å². The van der Waals surface area contributed by atoms with Gasteiger partial charge in [0.05, 0.1) is 0 Å². The molecule has 2 aliphatic rings. The Hall–Kier alpha value is -1.09. The van der Waals surface area contributed by atoms with Crippen molar-refractivity contribution in [1.82, 2.24) is 5.32 Å². The minimum absolute atomic E-state index is 0.116. The molecule has 0 amide bonds. The predicted molar refractivity (Wildman–Crippen MR) is 72.6 cm³/mol. The van der Waals surface area contributed by atoms with E-state index in [2.05, 4.69) is 10.2 Å². The van der Waals surface area contributed by atoms with Gasteiger partial charge in [-0.1, -0.05) is 18.9 Å². The molecule has 0 bridgehead atoms. The molecule has 0 radical (unpaired) electrons. The first-order chi connectivity index (χ1) is 8.83. The average Bonchev–Trinajstić information content (AvgIpc) is 2.60. The number of hydrogen-bond donors (Lipinski definition) is 1. The Bertz CT molecular complexity index is 411. The van der Waals surface area contributed by atoms with Crippen LogP contribution in [0.2, 0.25) is 0 Å². The molecule has 2 nitrogen and oxygen atoms in total. The largest absolute Gasteiger partial charge is 0.369 e. The normalized spacial score (nSPS) is 23.8. The zero-order valence-electron chi connectivity index (χ0n) is 10.8. The van der Waals surface area contributed by atoms with Gasteiger partial charge < -0.3 is 10.2 Å².